The number of nitrogens with one attached hydrogen (secondary N) is 1. The van der Waals surface area contributed by atoms with Crippen LogP contribution in [-0.4, -0.2) is 49.6 Å². The molecule has 1 aromatic heterocycles. The second-order valence-electron chi connectivity index (χ2n) is 4.87. The molecule has 1 fully saturated rings. The van der Waals surface area contributed by atoms with Crippen LogP contribution in [0.3, 0.4) is 0 Å². The molecule has 1 saturated heterocycles. The van der Waals surface area contributed by atoms with Crippen molar-refractivity contribution in [3.8, 4) is 0 Å². The van der Waals surface area contributed by atoms with E-state index in [0.29, 0.717) is 11.6 Å². The number of likely N-dealkylation sites (tertiary alicyclic amines) is 1. The predicted molar refractivity (Wildman–Crippen MR) is 74.3 cm³/mol. The Morgan fingerprint density at radius 2 is 2.26 bits per heavy atom. The fourth-order valence-corrected chi connectivity index (χ4v) is 2.40. The van der Waals surface area contributed by atoms with Crippen molar-refractivity contribution < 1.29 is 9.53 Å². The number of carbonyl (C=O) groups excluding carboxylic acids is 1. The maximum atomic E-state index is 12.3. The van der Waals surface area contributed by atoms with E-state index in [4.69, 9.17) is 4.74 Å². The zero-order valence-electron chi connectivity index (χ0n) is 11.6. The number of pyridine rings is 1. The lowest BCUT2D eigenvalue weighted by Gasteiger charge is -2.31. The zero-order chi connectivity index (χ0) is 13.7. The number of hydrogen-bond donors (Lipinski definition) is 1. The normalized spacial score (nSPS) is 16.4. The number of ether oxygens (including phenoxy) is 1. The molecule has 0 atom stereocenters. The Morgan fingerprint density at radius 1 is 1.53 bits per heavy atom. The molecule has 19 heavy (non-hydrogen) atoms. The van der Waals surface area contributed by atoms with Gasteiger partial charge in [-0.1, -0.05) is 0 Å². The molecule has 0 radical (unpaired) electrons. The smallest absolute Gasteiger partial charge is 0.272 e. The highest BCUT2D eigenvalue weighted by Crippen LogP contribution is 2.19. The SMILES string of the molecule is CNc1ccnc(C(=O)N2CCC(COC)CC2)c1. The second-order valence-corrected chi connectivity index (χ2v) is 4.87. The molecule has 0 bridgehead atoms. The van der Waals surface area contributed by atoms with E-state index in [1.165, 1.54) is 0 Å². The van der Waals surface area contributed by atoms with Gasteiger partial charge in [-0.25, -0.2) is 0 Å². The van der Waals surface area contributed by atoms with Gasteiger partial charge in [-0.15, -0.1) is 0 Å². The van der Waals surface area contributed by atoms with E-state index in [9.17, 15) is 4.79 Å². The molecule has 1 amide bonds. The van der Waals surface area contributed by atoms with Crippen LogP contribution in [0.1, 0.15) is 23.3 Å². The molecule has 5 heteroatoms. The standard InChI is InChI=1S/C14H21N3O2/c1-15-12-3-6-16-13(9-12)14(18)17-7-4-11(5-8-17)10-19-2/h3,6,9,11H,4-5,7-8,10H2,1-2H3,(H,15,16). The van der Waals surface area contributed by atoms with Crippen LogP contribution in [0.25, 0.3) is 0 Å². The molecule has 0 saturated carbocycles. The van der Waals surface area contributed by atoms with E-state index < -0.39 is 0 Å². The maximum Gasteiger partial charge on any atom is 0.272 e. The molecular formula is C14H21N3O2. The van der Waals surface area contributed by atoms with E-state index in [1.807, 2.05) is 18.0 Å². The molecule has 0 unspecified atom stereocenters. The summed E-state index contributed by atoms with van der Waals surface area (Å²) in [7, 11) is 3.56. The summed E-state index contributed by atoms with van der Waals surface area (Å²) in [5.74, 6) is 0.596. The summed E-state index contributed by atoms with van der Waals surface area (Å²) in [5.41, 5.74) is 1.42. The largest absolute Gasteiger partial charge is 0.388 e. The van der Waals surface area contributed by atoms with Crippen LogP contribution in [0.15, 0.2) is 18.3 Å². The van der Waals surface area contributed by atoms with Gasteiger partial charge >= 0.3 is 0 Å². The summed E-state index contributed by atoms with van der Waals surface area (Å²) in [4.78, 5) is 18.4. The summed E-state index contributed by atoms with van der Waals surface area (Å²) < 4.78 is 5.17. The summed E-state index contributed by atoms with van der Waals surface area (Å²) >= 11 is 0. The Morgan fingerprint density at radius 3 is 2.89 bits per heavy atom. The van der Waals surface area contributed by atoms with Crippen LogP contribution in [0.4, 0.5) is 5.69 Å². The fraction of sp³-hybridized carbons (Fsp3) is 0.571. The van der Waals surface area contributed by atoms with Gasteiger partial charge in [0.2, 0.25) is 0 Å². The van der Waals surface area contributed by atoms with Crippen molar-refractivity contribution in [2.24, 2.45) is 5.92 Å². The molecule has 1 aromatic rings. The lowest BCUT2D eigenvalue weighted by atomic mass is 9.97. The zero-order valence-corrected chi connectivity index (χ0v) is 11.6. The second kappa shape index (κ2) is 6.52. The number of rotatable bonds is 4. The first kappa shape index (κ1) is 13.8. The van der Waals surface area contributed by atoms with Crippen LogP contribution in [0.5, 0.6) is 0 Å². The Balaban J connectivity index is 1.97. The molecule has 0 aliphatic carbocycles. The average molecular weight is 263 g/mol. The number of carbonyl (C=O) groups is 1. The van der Waals surface area contributed by atoms with Gasteiger partial charge in [0.05, 0.1) is 0 Å². The highest BCUT2D eigenvalue weighted by atomic mass is 16.5. The van der Waals surface area contributed by atoms with Crippen molar-refractivity contribution in [2.75, 3.05) is 39.2 Å². The third-order valence-electron chi connectivity index (χ3n) is 3.57. The summed E-state index contributed by atoms with van der Waals surface area (Å²) in [6, 6.07) is 3.64. The molecule has 2 heterocycles. The summed E-state index contributed by atoms with van der Waals surface area (Å²) in [6.45, 7) is 2.37. The molecule has 1 aliphatic rings. The van der Waals surface area contributed by atoms with E-state index in [-0.39, 0.29) is 5.91 Å². The lowest BCUT2D eigenvalue weighted by molar-refractivity contribution is 0.0608. The number of anilines is 1. The number of amides is 1. The van der Waals surface area contributed by atoms with Crippen molar-refractivity contribution in [3.63, 3.8) is 0 Å². The van der Waals surface area contributed by atoms with Crippen molar-refractivity contribution in [3.05, 3.63) is 24.0 Å². The Hall–Kier alpha value is -1.62. The fourth-order valence-electron chi connectivity index (χ4n) is 2.40. The number of hydrogen-bond acceptors (Lipinski definition) is 4. The quantitative estimate of drug-likeness (QED) is 0.897. The van der Waals surface area contributed by atoms with Gasteiger partial charge in [-0.05, 0) is 30.9 Å². The third kappa shape index (κ3) is 3.44. The minimum absolute atomic E-state index is 0.0213. The minimum Gasteiger partial charge on any atom is -0.388 e. The number of aromatic nitrogens is 1. The number of methoxy groups -OCH3 is 1. The van der Waals surface area contributed by atoms with Gasteiger partial charge in [0.1, 0.15) is 5.69 Å². The van der Waals surface area contributed by atoms with E-state index in [0.717, 1.165) is 38.2 Å². The summed E-state index contributed by atoms with van der Waals surface area (Å²) in [5, 5.41) is 3.02. The first-order valence-corrected chi connectivity index (χ1v) is 6.66. The van der Waals surface area contributed by atoms with Crippen LogP contribution >= 0.6 is 0 Å². The van der Waals surface area contributed by atoms with Crippen molar-refractivity contribution in [1.82, 2.24) is 9.88 Å². The van der Waals surface area contributed by atoms with Gasteiger partial charge < -0.3 is 15.0 Å². The number of nitrogens with zero attached hydrogens (tertiary/aromatic N) is 2. The van der Waals surface area contributed by atoms with Gasteiger partial charge in [-0.3, -0.25) is 9.78 Å². The van der Waals surface area contributed by atoms with Crippen molar-refractivity contribution in [1.29, 1.82) is 0 Å². The summed E-state index contributed by atoms with van der Waals surface area (Å²) in [6.07, 6.45) is 3.67. The van der Waals surface area contributed by atoms with E-state index in [1.54, 1.807) is 19.4 Å². The Kier molecular flexibility index (Phi) is 4.74. The molecular weight excluding hydrogens is 242 g/mol. The first-order valence-electron chi connectivity index (χ1n) is 6.66. The third-order valence-corrected chi connectivity index (χ3v) is 3.57. The Labute approximate surface area is 114 Å². The highest BCUT2D eigenvalue weighted by molar-refractivity contribution is 5.93. The van der Waals surface area contributed by atoms with E-state index >= 15 is 0 Å². The lowest BCUT2D eigenvalue weighted by Crippen LogP contribution is -2.39. The maximum absolute atomic E-state index is 12.3. The molecule has 2 rings (SSSR count). The van der Waals surface area contributed by atoms with Crippen molar-refractivity contribution >= 4 is 11.6 Å². The monoisotopic (exact) mass is 263 g/mol. The van der Waals surface area contributed by atoms with Gasteiger partial charge in [0.25, 0.3) is 5.91 Å². The predicted octanol–water partition coefficient (Wildman–Crippen LogP) is 1.62. The van der Waals surface area contributed by atoms with Gasteiger partial charge in [0.15, 0.2) is 0 Å². The van der Waals surface area contributed by atoms with Gasteiger partial charge in [0, 0.05) is 45.7 Å². The molecule has 104 valence electrons. The molecule has 0 aromatic carbocycles. The molecule has 0 spiro atoms. The van der Waals surface area contributed by atoms with Crippen LogP contribution in [0, 0.1) is 5.92 Å². The highest BCUT2D eigenvalue weighted by Gasteiger charge is 2.24. The van der Waals surface area contributed by atoms with E-state index in [2.05, 4.69) is 10.3 Å². The molecule has 1 N–H and O–H groups in total. The van der Waals surface area contributed by atoms with Crippen LogP contribution in [0.2, 0.25) is 0 Å². The van der Waals surface area contributed by atoms with Crippen molar-refractivity contribution in [2.45, 2.75) is 12.8 Å². The first-order chi connectivity index (χ1) is 9.24. The van der Waals surface area contributed by atoms with Crippen LogP contribution < -0.4 is 5.32 Å². The Bertz CT molecular complexity index is 428. The average Bonchev–Trinajstić information content (AvgIpc) is 2.48. The molecule has 1 aliphatic heterocycles. The number of piperidine rings is 1. The van der Waals surface area contributed by atoms with Gasteiger partial charge in [-0.2, -0.15) is 0 Å². The topological polar surface area (TPSA) is 54.5 Å². The molecule has 5 nitrogen and oxygen atoms in total. The minimum atomic E-state index is 0.0213. The van der Waals surface area contributed by atoms with Crippen LogP contribution in [-0.2, 0) is 4.74 Å².